The maximum absolute atomic E-state index is 9.41. The van der Waals surface area contributed by atoms with Crippen molar-refractivity contribution in [2.45, 2.75) is 58.8 Å². The van der Waals surface area contributed by atoms with Crippen LogP contribution in [0.4, 0.5) is 0 Å². The van der Waals surface area contributed by atoms with Crippen molar-refractivity contribution in [1.82, 2.24) is 0 Å². The van der Waals surface area contributed by atoms with Gasteiger partial charge in [0.2, 0.25) is 0 Å². The zero-order valence-corrected chi connectivity index (χ0v) is 12.0. The predicted octanol–water partition coefficient (Wildman–Crippen LogP) is 3.95. The lowest BCUT2D eigenvalue weighted by Crippen LogP contribution is -2.19. The molecule has 0 unspecified atom stereocenters. The van der Waals surface area contributed by atoms with Crippen molar-refractivity contribution in [1.29, 1.82) is 0 Å². The Labute approximate surface area is 111 Å². The Morgan fingerprint density at radius 1 is 1.00 bits per heavy atom. The molecule has 0 amide bonds. The summed E-state index contributed by atoms with van der Waals surface area (Å²) in [5.41, 5.74) is 1.23. The van der Waals surface area contributed by atoms with E-state index in [9.17, 15) is 5.11 Å². The van der Waals surface area contributed by atoms with E-state index >= 15 is 0 Å². The van der Waals surface area contributed by atoms with E-state index in [4.69, 9.17) is 4.74 Å². The highest BCUT2D eigenvalue weighted by molar-refractivity contribution is 5.17. The number of aliphatic hydroxyl groups is 1. The first-order valence-corrected chi connectivity index (χ1v) is 6.87. The lowest BCUT2D eigenvalue weighted by molar-refractivity contribution is -0.0341. The Kier molecular flexibility index (Phi) is 6.37. The van der Waals surface area contributed by atoms with E-state index in [0.717, 1.165) is 6.42 Å². The quantitative estimate of drug-likeness (QED) is 0.794. The maximum Gasteiger partial charge on any atom is 0.0831 e. The van der Waals surface area contributed by atoms with Crippen LogP contribution in [-0.2, 0) is 4.74 Å². The first kappa shape index (κ1) is 15.2. The minimum Gasteiger partial charge on any atom is -0.393 e. The van der Waals surface area contributed by atoms with Crippen LogP contribution in [-0.4, -0.2) is 17.3 Å². The molecule has 0 saturated heterocycles. The molecule has 2 nitrogen and oxygen atoms in total. The molecule has 1 N–H and O–H groups in total. The van der Waals surface area contributed by atoms with Gasteiger partial charge in [-0.3, -0.25) is 0 Å². The number of aliphatic hydroxyl groups excluding tert-OH is 1. The topological polar surface area (TPSA) is 29.5 Å². The highest BCUT2D eigenvalue weighted by Crippen LogP contribution is 2.27. The van der Waals surface area contributed by atoms with Crippen molar-refractivity contribution < 1.29 is 9.84 Å². The molecule has 0 aliphatic carbocycles. The van der Waals surface area contributed by atoms with Gasteiger partial charge < -0.3 is 9.84 Å². The first-order chi connectivity index (χ1) is 8.49. The Hall–Kier alpha value is -0.860. The Balaban J connectivity index is 2.67. The zero-order valence-electron chi connectivity index (χ0n) is 12.0. The second-order valence-electron chi connectivity index (χ2n) is 5.56. The van der Waals surface area contributed by atoms with Crippen molar-refractivity contribution in [3.05, 3.63) is 35.9 Å². The summed E-state index contributed by atoms with van der Waals surface area (Å²) in [6.45, 7) is 8.25. The van der Waals surface area contributed by atoms with Crippen molar-refractivity contribution in [3.8, 4) is 0 Å². The van der Waals surface area contributed by atoms with Crippen LogP contribution in [0, 0.1) is 5.92 Å². The number of hydrogen-bond donors (Lipinski definition) is 1. The molecular weight excluding hydrogens is 224 g/mol. The molecule has 0 bridgehead atoms. The van der Waals surface area contributed by atoms with Gasteiger partial charge in [0.05, 0.1) is 18.3 Å². The van der Waals surface area contributed by atoms with Gasteiger partial charge >= 0.3 is 0 Å². The second kappa shape index (κ2) is 7.55. The van der Waals surface area contributed by atoms with Crippen molar-refractivity contribution in [2.75, 3.05) is 0 Å². The van der Waals surface area contributed by atoms with E-state index < -0.39 is 0 Å². The van der Waals surface area contributed by atoms with E-state index in [1.165, 1.54) is 5.56 Å². The summed E-state index contributed by atoms with van der Waals surface area (Å²) >= 11 is 0. The highest BCUT2D eigenvalue weighted by atomic mass is 16.5. The first-order valence-electron chi connectivity index (χ1n) is 6.87. The van der Waals surface area contributed by atoms with Crippen LogP contribution in [0.5, 0.6) is 0 Å². The normalized spacial score (nSPS) is 16.6. The Morgan fingerprint density at radius 3 is 2.11 bits per heavy atom. The molecule has 0 aliphatic rings. The summed E-state index contributed by atoms with van der Waals surface area (Å²) in [6.07, 6.45) is 1.58. The molecule has 1 aromatic rings. The summed E-state index contributed by atoms with van der Waals surface area (Å²) < 4.78 is 6.10. The average Bonchev–Trinajstić information content (AvgIpc) is 2.27. The summed E-state index contributed by atoms with van der Waals surface area (Å²) in [6, 6.07) is 10.3. The van der Waals surface area contributed by atoms with Gasteiger partial charge in [-0.1, -0.05) is 44.2 Å². The SMILES string of the molecule is CC(C)C[C@H](O[C@H](C)C[C@@H](C)O)c1ccccc1. The van der Waals surface area contributed by atoms with Crippen LogP contribution in [0.25, 0.3) is 0 Å². The van der Waals surface area contributed by atoms with Gasteiger partial charge in [-0.15, -0.1) is 0 Å². The maximum atomic E-state index is 9.41. The van der Waals surface area contributed by atoms with E-state index in [2.05, 4.69) is 26.0 Å². The van der Waals surface area contributed by atoms with Crippen LogP contribution in [0.15, 0.2) is 30.3 Å². The average molecular weight is 250 g/mol. The van der Waals surface area contributed by atoms with Crippen LogP contribution >= 0.6 is 0 Å². The summed E-state index contributed by atoms with van der Waals surface area (Å²) in [7, 11) is 0. The smallest absolute Gasteiger partial charge is 0.0831 e. The van der Waals surface area contributed by atoms with Crippen LogP contribution in [0.3, 0.4) is 0 Å². The molecule has 0 aromatic heterocycles. The monoisotopic (exact) mass is 250 g/mol. The van der Waals surface area contributed by atoms with E-state index in [0.29, 0.717) is 12.3 Å². The van der Waals surface area contributed by atoms with Gasteiger partial charge in [0.25, 0.3) is 0 Å². The number of rotatable bonds is 7. The van der Waals surface area contributed by atoms with E-state index in [1.807, 2.05) is 25.1 Å². The fourth-order valence-electron chi connectivity index (χ4n) is 2.18. The van der Waals surface area contributed by atoms with Crippen LogP contribution < -0.4 is 0 Å². The Bertz CT molecular complexity index is 319. The minimum absolute atomic E-state index is 0.0777. The molecule has 3 atom stereocenters. The third-order valence-electron chi connectivity index (χ3n) is 2.93. The van der Waals surface area contributed by atoms with Gasteiger partial charge in [-0.2, -0.15) is 0 Å². The van der Waals surface area contributed by atoms with E-state index in [1.54, 1.807) is 6.92 Å². The third kappa shape index (κ3) is 5.65. The molecule has 0 saturated carbocycles. The standard InChI is InChI=1S/C16H26O2/c1-12(2)10-16(15-8-6-5-7-9-15)18-14(4)11-13(3)17/h5-9,12-14,16-17H,10-11H2,1-4H3/t13-,14-,16+/m1/s1. The molecule has 102 valence electrons. The second-order valence-corrected chi connectivity index (χ2v) is 5.56. The largest absolute Gasteiger partial charge is 0.393 e. The van der Waals surface area contributed by atoms with Crippen molar-refractivity contribution >= 4 is 0 Å². The van der Waals surface area contributed by atoms with Gasteiger partial charge in [-0.05, 0) is 38.2 Å². The molecule has 1 rings (SSSR count). The fourth-order valence-corrected chi connectivity index (χ4v) is 2.18. The molecule has 18 heavy (non-hydrogen) atoms. The number of benzene rings is 1. The molecule has 0 aliphatic heterocycles. The van der Waals surface area contributed by atoms with Crippen molar-refractivity contribution in [2.24, 2.45) is 5.92 Å². The van der Waals surface area contributed by atoms with Gasteiger partial charge in [0.1, 0.15) is 0 Å². The molecule has 0 fully saturated rings. The fraction of sp³-hybridized carbons (Fsp3) is 0.625. The summed E-state index contributed by atoms with van der Waals surface area (Å²) in [5.74, 6) is 0.592. The molecule has 0 spiro atoms. The molecule has 0 heterocycles. The summed E-state index contributed by atoms with van der Waals surface area (Å²) in [5, 5.41) is 9.41. The van der Waals surface area contributed by atoms with Gasteiger partial charge in [0.15, 0.2) is 0 Å². The molecule has 0 radical (unpaired) electrons. The lowest BCUT2D eigenvalue weighted by atomic mass is 9.99. The highest BCUT2D eigenvalue weighted by Gasteiger charge is 2.17. The van der Waals surface area contributed by atoms with Gasteiger partial charge in [-0.25, -0.2) is 0 Å². The minimum atomic E-state index is -0.310. The molecule has 2 heteroatoms. The van der Waals surface area contributed by atoms with Crippen LogP contribution in [0.1, 0.15) is 52.2 Å². The lowest BCUT2D eigenvalue weighted by Gasteiger charge is -2.25. The third-order valence-corrected chi connectivity index (χ3v) is 2.93. The summed E-state index contributed by atoms with van der Waals surface area (Å²) in [4.78, 5) is 0. The zero-order chi connectivity index (χ0) is 13.5. The van der Waals surface area contributed by atoms with Gasteiger partial charge in [0, 0.05) is 0 Å². The Morgan fingerprint density at radius 2 is 1.61 bits per heavy atom. The number of ether oxygens (including phenoxy) is 1. The predicted molar refractivity (Wildman–Crippen MR) is 75.5 cm³/mol. The van der Waals surface area contributed by atoms with Crippen LogP contribution in [0.2, 0.25) is 0 Å². The molecular formula is C16H26O2. The number of hydrogen-bond acceptors (Lipinski definition) is 2. The van der Waals surface area contributed by atoms with Crippen molar-refractivity contribution in [3.63, 3.8) is 0 Å². The van der Waals surface area contributed by atoms with E-state index in [-0.39, 0.29) is 18.3 Å². The molecule has 1 aromatic carbocycles.